The van der Waals surface area contributed by atoms with Crippen LogP contribution < -0.4 is 5.32 Å². The molecule has 0 radical (unpaired) electrons. The van der Waals surface area contributed by atoms with E-state index in [1.807, 2.05) is 74.0 Å². The molecule has 6 nitrogen and oxygen atoms in total. The zero-order valence-corrected chi connectivity index (χ0v) is 17.5. The van der Waals surface area contributed by atoms with Crippen LogP contribution >= 0.6 is 0 Å². The number of carbonyl (C=O) groups excluding carboxylic acids is 1. The van der Waals surface area contributed by atoms with Crippen LogP contribution in [0.4, 0.5) is 0 Å². The number of benzene rings is 2. The highest BCUT2D eigenvalue weighted by Gasteiger charge is 2.16. The Morgan fingerprint density at radius 3 is 2.30 bits per heavy atom. The third-order valence-corrected chi connectivity index (χ3v) is 5.25. The number of carbonyl (C=O) groups is 1. The van der Waals surface area contributed by atoms with E-state index in [9.17, 15) is 4.79 Å². The van der Waals surface area contributed by atoms with Gasteiger partial charge in [0.1, 0.15) is 0 Å². The Labute approximate surface area is 176 Å². The van der Waals surface area contributed by atoms with Crippen molar-refractivity contribution in [1.82, 2.24) is 24.9 Å². The third kappa shape index (κ3) is 4.03. The van der Waals surface area contributed by atoms with Gasteiger partial charge in [-0.3, -0.25) is 9.48 Å². The minimum atomic E-state index is -0.192. The smallest absolute Gasteiger partial charge is 0.272 e. The Kier molecular flexibility index (Phi) is 5.48. The van der Waals surface area contributed by atoms with E-state index >= 15 is 0 Å². The Morgan fingerprint density at radius 2 is 1.60 bits per heavy atom. The van der Waals surface area contributed by atoms with Gasteiger partial charge in [-0.25, -0.2) is 4.68 Å². The van der Waals surface area contributed by atoms with Gasteiger partial charge in [-0.2, -0.15) is 10.2 Å². The normalized spacial score (nSPS) is 10.9. The second-order valence-electron chi connectivity index (χ2n) is 7.39. The molecule has 0 aliphatic rings. The van der Waals surface area contributed by atoms with Crippen LogP contribution in [0.25, 0.3) is 5.69 Å². The Hall–Kier alpha value is -3.67. The molecule has 2 aromatic heterocycles. The van der Waals surface area contributed by atoms with Gasteiger partial charge in [-0.05, 0) is 44.5 Å². The molecular formula is C24H25N5O. The number of aromatic nitrogens is 4. The SMILES string of the molecule is Cc1nn(Cc2ccccc2)c(C)c1CNC(=O)c1cc(C)n(-c2ccccc2)n1. The van der Waals surface area contributed by atoms with Gasteiger partial charge in [0.15, 0.2) is 5.69 Å². The summed E-state index contributed by atoms with van der Waals surface area (Å²) in [6, 6.07) is 21.8. The molecule has 152 valence electrons. The summed E-state index contributed by atoms with van der Waals surface area (Å²) < 4.78 is 3.77. The summed E-state index contributed by atoms with van der Waals surface area (Å²) in [7, 11) is 0. The van der Waals surface area contributed by atoms with Crippen molar-refractivity contribution in [1.29, 1.82) is 0 Å². The lowest BCUT2D eigenvalue weighted by molar-refractivity contribution is 0.0945. The van der Waals surface area contributed by atoms with E-state index in [2.05, 4.69) is 27.6 Å². The molecule has 0 saturated carbocycles. The minimum absolute atomic E-state index is 0.192. The number of hydrogen-bond donors (Lipinski definition) is 1. The van der Waals surface area contributed by atoms with E-state index in [1.165, 1.54) is 5.56 Å². The number of nitrogens with zero attached hydrogens (tertiary/aromatic N) is 4. The van der Waals surface area contributed by atoms with E-state index in [0.29, 0.717) is 18.8 Å². The molecule has 4 aromatic rings. The molecule has 4 rings (SSSR count). The van der Waals surface area contributed by atoms with E-state index < -0.39 is 0 Å². The van der Waals surface area contributed by atoms with Crippen LogP contribution in [0, 0.1) is 20.8 Å². The van der Waals surface area contributed by atoms with Gasteiger partial charge in [0.25, 0.3) is 5.91 Å². The lowest BCUT2D eigenvalue weighted by atomic mass is 10.2. The monoisotopic (exact) mass is 399 g/mol. The van der Waals surface area contributed by atoms with Gasteiger partial charge in [-0.1, -0.05) is 48.5 Å². The highest BCUT2D eigenvalue weighted by molar-refractivity contribution is 5.92. The van der Waals surface area contributed by atoms with Crippen LogP contribution in [-0.4, -0.2) is 25.5 Å². The predicted molar refractivity (Wildman–Crippen MR) is 117 cm³/mol. The zero-order chi connectivity index (χ0) is 21.1. The van der Waals surface area contributed by atoms with Gasteiger partial charge in [0.05, 0.1) is 17.9 Å². The Morgan fingerprint density at radius 1 is 0.933 bits per heavy atom. The summed E-state index contributed by atoms with van der Waals surface area (Å²) in [6.45, 7) is 7.09. The molecule has 6 heteroatoms. The van der Waals surface area contributed by atoms with Crippen molar-refractivity contribution in [3.05, 3.63) is 101 Å². The molecule has 0 spiro atoms. The second-order valence-corrected chi connectivity index (χ2v) is 7.39. The number of amides is 1. The molecule has 30 heavy (non-hydrogen) atoms. The summed E-state index contributed by atoms with van der Waals surface area (Å²) in [5.74, 6) is -0.192. The molecule has 1 amide bonds. The summed E-state index contributed by atoms with van der Waals surface area (Å²) >= 11 is 0. The number of para-hydroxylation sites is 1. The first-order valence-corrected chi connectivity index (χ1v) is 10.00. The molecule has 0 unspecified atom stereocenters. The fourth-order valence-corrected chi connectivity index (χ4v) is 3.58. The first-order chi connectivity index (χ1) is 14.5. The van der Waals surface area contributed by atoms with Crippen LogP contribution in [0.2, 0.25) is 0 Å². The van der Waals surface area contributed by atoms with Crippen molar-refractivity contribution in [3.63, 3.8) is 0 Å². The summed E-state index contributed by atoms with van der Waals surface area (Å²) in [5, 5.41) is 12.1. The number of nitrogens with one attached hydrogen (secondary N) is 1. The Bertz CT molecular complexity index is 1160. The average Bonchev–Trinajstić information content (AvgIpc) is 3.27. The molecule has 0 aliphatic heterocycles. The van der Waals surface area contributed by atoms with Crippen molar-refractivity contribution < 1.29 is 4.79 Å². The lowest BCUT2D eigenvalue weighted by Crippen LogP contribution is -2.24. The van der Waals surface area contributed by atoms with Crippen LogP contribution in [-0.2, 0) is 13.1 Å². The summed E-state index contributed by atoms with van der Waals surface area (Å²) in [5.41, 5.74) is 6.47. The van der Waals surface area contributed by atoms with Gasteiger partial charge < -0.3 is 5.32 Å². The van der Waals surface area contributed by atoms with Crippen molar-refractivity contribution in [2.24, 2.45) is 0 Å². The molecular weight excluding hydrogens is 374 g/mol. The molecule has 1 N–H and O–H groups in total. The van der Waals surface area contributed by atoms with E-state index in [1.54, 1.807) is 10.7 Å². The maximum Gasteiger partial charge on any atom is 0.272 e. The maximum atomic E-state index is 12.7. The van der Waals surface area contributed by atoms with Gasteiger partial charge >= 0.3 is 0 Å². The molecule has 0 aliphatic carbocycles. The van der Waals surface area contributed by atoms with E-state index in [0.717, 1.165) is 28.3 Å². The molecule has 2 heterocycles. The summed E-state index contributed by atoms with van der Waals surface area (Å²) in [4.78, 5) is 12.7. The quantitative estimate of drug-likeness (QED) is 0.533. The molecule has 0 saturated heterocycles. The van der Waals surface area contributed by atoms with Crippen molar-refractivity contribution in [2.75, 3.05) is 0 Å². The van der Waals surface area contributed by atoms with E-state index in [-0.39, 0.29) is 5.91 Å². The van der Waals surface area contributed by atoms with Crippen LogP contribution in [0.3, 0.4) is 0 Å². The molecule has 0 atom stereocenters. The van der Waals surface area contributed by atoms with Crippen LogP contribution in [0.15, 0.2) is 66.7 Å². The molecule has 2 aromatic carbocycles. The zero-order valence-electron chi connectivity index (χ0n) is 17.5. The molecule has 0 fully saturated rings. The standard InChI is InChI=1S/C24H25N5O/c1-17-14-23(27-29(17)21-12-8-5-9-13-21)24(30)25-15-22-18(2)26-28(19(22)3)16-20-10-6-4-7-11-20/h4-14H,15-16H2,1-3H3,(H,25,30). The van der Waals surface area contributed by atoms with Gasteiger partial charge in [0, 0.05) is 23.5 Å². The molecule has 0 bridgehead atoms. The van der Waals surface area contributed by atoms with E-state index in [4.69, 9.17) is 0 Å². The second kappa shape index (κ2) is 8.37. The van der Waals surface area contributed by atoms with Crippen molar-refractivity contribution in [2.45, 2.75) is 33.9 Å². The predicted octanol–water partition coefficient (Wildman–Crippen LogP) is 3.97. The first-order valence-electron chi connectivity index (χ1n) is 10.00. The maximum absolute atomic E-state index is 12.7. The fourth-order valence-electron chi connectivity index (χ4n) is 3.58. The van der Waals surface area contributed by atoms with Crippen molar-refractivity contribution >= 4 is 5.91 Å². The third-order valence-electron chi connectivity index (χ3n) is 5.25. The van der Waals surface area contributed by atoms with Crippen LogP contribution in [0.1, 0.15) is 38.7 Å². The highest BCUT2D eigenvalue weighted by atomic mass is 16.1. The van der Waals surface area contributed by atoms with Gasteiger partial charge in [0.2, 0.25) is 0 Å². The van der Waals surface area contributed by atoms with Gasteiger partial charge in [-0.15, -0.1) is 0 Å². The fraction of sp³-hybridized carbons (Fsp3) is 0.208. The lowest BCUT2D eigenvalue weighted by Gasteiger charge is -2.07. The largest absolute Gasteiger partial charge is 0.346 e. The minimum Gasteiger partial charge on any atom is -0.346 e. The van der Waals surface area contributed by atoms with Crippen LogP contribution in [0.5, 0.6) is 0 Å². The highest BCUT2D eigenvalue weighted by Crippen LogP contribution is 2.16. The average molecular weight is 399 g/mol. The number of aryl methyl sites for hydroxylation is 2. The van der Waals surface area contributed by atoms with Crippen molar-refractivity contribution in [3.8, 4) is 5.69 Å². The first kappa shape index (κ1) is 19.6. The Balaban J connectivity index is 1.47. The number of rotatable bonds is 6. The topological polar surface area (TPSA) is 64.7 Å². The number of hydrogen-bond acceptors (Lipinski definition) is 3. The summed E-state index contributed by atoms with van der Waals surface area (Å²) in [6.07, 6.45) is 0.